The van der Waals surface area contributed by atoms with E-state index in [0.717, 1.165) is 29.7 Å². The fourth-order valence-electron chi connectivity index (χ4n) is 3.50. The Bertz CT molecular complexity index is 1020. The molecule has 2 aromatic carbocycles. The lowest BCUT2D eigenvalue weighted by Gasteiger charge is -2.31. The second kappa shape index (κ2) is 8.25. The minimum Gasteiger partial charge on any atom is -0.339 e. The molecule has 3 aromatic rings. The van der Waals surface area contributed by atoms with E-state index in [2.05, 4.69) is 22.4 Å². The van der Waals surface area contributed by atoms with Crippen molar-refractivity contribution in [1.82, 2.24) is 15.0 Å². The van der Waals surface area contributed by atoms with E-state index in [9.17, 15) is 4.79 Å². The zero-order valence-corrected chi connectivity index (χ0v) is 17.2. The third-order valence-electron chi connectivity index (χ3n) is 5.36. The molecule has 0 bridgehead atoms. The number of aromatic nitrogens is 2. The molecule has 2 heterocycles. The first-order chi connectivity index (χ1) is 14.0. The largest absolute Gasteiger partial charge is 0.339 e. The van der Waals surface area contributed by atoms with Gasteiger partial charge in [-0.2, -0.15) is 4.98 Å². The Morgan fingerprint density at radius 2 is 1.97 bits per heavy atom. The third kappa shape index (κ3) is 4.43. The molecule has 1 aliphatic heterocycles. The van der Waals surface area contributed by atoms with Crippen LogP contribution in [-0.2, 0) is 0 Å². The van der Waals surface area contributed by atoms with Crippen LogP contribution < -0.4 is 5.32 Å². The van der Waals surface area contributed by atoms with Crippen LogP contribution in [0.5, 0.6) is 0 Å². The average Bonchev–Trinajstić information content (AvgIpc) is 3.22. The Labute approximate surface area is 174 Å². The first kappa shape index (κ1) is 19.5. The Morgan fingerprint density at radius 3 is 2.72 bits per heavy atom. The molecule has 1 saturated heterocycles. The van der Waals surface area contributed by atoms with E-state index in [0.29, 0.717) is 29.8 Å². The van der Waals surface area contributed by atoms with Crippen LogP contribution in [0.15, 0.2) is 47.0 Å². The molecular weight excluding hydrogens is 388 g/mol. The van der Waals surface area contributed by atoms with Crippen LogP contribution in [0.4, 0.5) is 10.5 Å². The summed E-state index contributed by atoms with van der Waals surface area (Å²) in [5.41, 5.74) is 4.02. The monoisotopic (exact) mass is 410 g/mol. The van der Waals surface area contributed by atoms with Crippen molar-refractivity contribution in [3.8, 4) is 11.4 Å². The molecule has 1 N–H and O–H groups in total. The van der Waals surface area contributed by atoms with Gasteiger partial charge >= 0.3 is 6.03 Å². The van der Waals surface area contributed by atoms with Crippen molar-refractivity contribution in [3.05, 3.63) is 64.5 Å². The number of benzene rings is 2. The number of nitrogens with one attached hydrogen (secondary N) is 1. The number of hydrogen-bond acceptors (Lipinski definition) is 4. The maximum Gasteiger partial charge on any atom is 0.321 e. The van der Waals surface area contributed by atoms with Gasteiger partial charge in [0.25, 0.3) is 0 Å². The van der Waals surface area contributed by atoms with Crippen molar-refractivity contribution >= 4 is 23.3 Å². The van der Waals surface area contributed by atoms with Crippen LogP contribution in [-0.4, -0.2) is 34.2 Å². The second-order valence-corrected chi connectivity index (χ2v) is 7.91. The van der Waals surface area contributed by atoms with E-state index in [1.54, 1.807) is 12.1 Å². The van der Waals surface area contributed by atoms with Gasteiger partial charge in [0.1, 0.15) is 0 Å². The highest BCUT2D eigenvalue weighted by atomic mass is 35.5. The molecule has 29 heavy (non-hydrogen) atoms. The lowest BCUT2D eigenvalue weighted by Crippen LogP contribution is -2.41. The summed E-state index contributed by atoms with van der Waals surface area (Å²) in [6.07, 6.45) is 1.80. The SMILES string of the molecule is Cc1ccc(NC(=O)N2CCC[C@H](c3nc(-c4ccc(Cl)cc4)no3)C2)cc1C. The summed E-state index contributed by atoms with van der Waals surface area (Å²) >= 11 is 5.94. The van der Waals surface area contributed by atoms with Gasteiger partial charge < -0.3 is 14.7 Å². The number of anilines is 1. The summed E-state index contributed by atoms with van der Waals surface area (Å²) < 4.78 is 5.51. The van der Waals surface area contributed by atoms with Gasteiger partial charge in [-0.15, -0.1) is 0 Å². The van der Waals surface area contributed by atoms with E-state index in [1.165, 1.54) is 5.56 Å². The summed E-state index contributed by atoms with van der Waals surface area (Å²) in [4.78, 5) is 19.1. The van der Waals surface area contributed by atoms with Gasteiger partial charge in [0.2, 0.25) is 11.7 Å². The van der Waals surface area contributed by atoms with Gasteiger partial charge in [0.15, 0.2) is 0 Å². The summed E-state index contributed by atoms with van der Waals surface area (Å²) in [7, 11) is 0. The summed E-state index contributed by atoms with van der Waals surface area (Å²) in [6.45, 7) is 5.36. The number of carbonyl (C=O) groups excluding carboxylic acids is 1. The molecule has 150 valence electrons. The molecule has 0 spiro atoms. The zero-order chi connectivity index (χ0) is 20.4. The number of nitrogens with zero attached hydrogens (tertiary/aromatic N) is 3. The molecule has 1 fully saturated rings. The standard InChI is InChI=1S/C22H23ClN4O2/c1-14-5-10-19(12-15(14)2)24-22(28)27-11-3-4-17(13-27)21-25-20(26-29-21)16-6-8-18(23)9-7-16/h5-10,12,17H,3-4,11,13H2,1-2H3,(H,24,28)/t17-/m0/s1. The van der Waals surface area contributed by atoms with Gasteiger partial charge in [-0.1, -0.05) is 22.8 Å². The molecular formula is C22H23ClN4O2. The van der Waals surface area contributed by atoms with Crippen molar-refractivity contribution in [3.63, 3.8) is 0 Å². The van der Waals surface area contributed by atoms with Gasteiger partial charge in [-0.3, -0.25) is 0 Å². The van der Waals surface area contributed by atoms with Crippen molar-refractivity contribution in [2.24, 2.45) is 0 Å². The average molecular weight is 411 g/mol. The van der Waals surface area contributed by atoms with Crippen molar-refractivity contribution in [2.75, 3.05) is 18.4 Å². The molecule has 4 rings (SSSR count). The Hall–Kier alpha value is -2.86. The summed E-state index contributed by atoms with van der Waals surface area (Å²) in [5.74, 6) is 1.13. The van der Waals surface area contributed by atoms with Crippen LogP contribution in [0.3, 0.4) is 0 Å². The fraction of sp³-hybridized carbons (Fsp3) is 0.318. The predicted octanol–water partition coefficient (Wildman–Crippen LogP) is 5.42. The first-order valence-corrected chi connectivity index (χ1v) is 10.1. The maximum atomic E-state index is 12.7. The molecule has 0 unspecified atom stereocenters. The number of rotatable bonds is 3. The molecule has 0 aliphatic carbocycles. The summed E-state index contributed by atoms with van der Waals surface area (Å²) in [6, 6.07) is 13.2. The van der Waals surface area contributed by atoms with E-state index in [4.69, 9.17) is 16.1 Å². The smallest absolute Gasteiger partial charge is 0.321 e. The molecule has 1 aromatic heterocycles. The van der Waals surface area contributed by atoms with Gasteiger partial charge in [-0.25, -0.2) is 4.79 Å². The van der Waals surface area contributed by atoms with Crippen molar-refractivity contribution in [1.29, 1.82) is 0 Å². The van der Waals surface area contributed by atoms with Crippen LogP contribution in [0, 0.1) is 13.8 Å². The first-order valence-electron chi connectivity index (χ1n) is 9.72. The Balaban J connectivity index is 1.43. The second-order valence-electron chi connectivity index (χ2n) is 7.48. The van der Waals surface area contributed by atoms with Crippen molar-refractivity contribution in [2.45, 2.75) is 32.6 Å². The number of carbonyl (C=O) groups is 1. The molecule has 1 aliphatic rings. The van der Waals surface area contributed by atoms with Gasteiger partial charge in [0.05, 0.1) is 5.92 Å². The van der Waals surface area contributed by atoms with E-state index in [-0.39, 0.29) is 11.9 Å². The molecule has 2 amide bonds. The number of piperidine rings is 1. The highest BCUT2D eigenvalue weighted by Gasteiger charge is 2.28. The summed E-state index contributed by atoms with van der Waals surface area (Å²) in [5, 5.41) is 7.76. The van der Waals surface area contributed by atoms with Gasteiger partial charge in [0, 0.05) is 29.4 Å². The fourth-order valence-corrected chi connectivity index (χ4v) is 3.63. The topological polar surface area (TPSA) is 71.3 Å². The zero-order valence-electron chi connectivity index (χ0n) is 16.5. The van der Waals surface area contributed by atoms with Crippen molar-refractivity contribution < 1.29 is 9.32 Å². The number of halogens is 1. The number of amides is 2. The number of urea groups is 1. The lowest BCUT2D eigenvalue weighted by molar-refractivity contribution is 0.184. The van der Waals surface area contributed by atoms with Gasteiger partial charge in [-0.05, 0) is 74.2 Å². The number of likely N-dealkylation sites (tertiary alicyclic amines) is 1. The Kier molecular flexibility index (Phi) is 5.53. The predicted molar refractivity (Wildman–Crippen MR) is 113 cm³/mol. The number of hydrogen-bond donors (Lipinski definition) is 1. The molecule has 1 atom stereocenters. The van der Waals surface area contributed by atoms with Crippen LogP contribution in [0.1, 0.15) is 35.8 Å². The van der Waals surface area contributed by atoms with E-state index < -0.39 is 0 Å². The highest BCUT2D eigenvalue weighted by molar-refractivity contribution is 6.30. The highest BCUT2D eigenvalue weighted by Crippen LogP contribution is 2.28. The number of aryl methyl sites for hydroxylation is 2. The maximum absolute atomic E-state index is 12.7. The van der Waals surface area contributed by atoms with Crippen LogP contribution in [0.2, 0.25) is 5.02 Å². The minimum atomic E-state index is -0.101. The molecule has 0 radical (unpaired) electrons. The molecule has 0 saturated carbocycles. The molecule has 7 heteroatoms. The van der Waals surface area contributed by atoms with E-state index >= 15 is 0 Å². The normalized spacial score (nSPS) is 16.7. The minimum absolute atomic E-state index is 0.0304. The Morgan fingerprint density at radius 1 is 1.17 bits per heavy atom. The van der Waals surface area contributed by atoms with Crippen LogP contribution >= 0.6 is 11.6 Å². The lowest BCUT2D eigenvalue weighted by atomic mass is 9.98. The third-order valence-corrected chi connectivity index (χ3v) is 5.61. The van der Waals surface area contributed by atoms with Crippen LogP contribution in [0.25, 0.3) is 11.4 Å². The van der Waals surface area contributed by atoms with E-state index in [1.807, 2.05) is 42.2 Å². The molecule has 6 nitrogen and oxygen atoms in total. The quantitative estimate of drug-likeness (QED) is 0.625.